The SMILES string of the molecule is CC(NC(C)c1ccc(F)cc1Br)c1cccc(Br)c1. The first-order chi connectivity index (χ1) is 9.47. The van der Waals surface area contributed by atoms with Gasteiger partial charge in [-0.05, 0) is 49.2 Å². The van der Waals surface area contributed by atoms with Crippen molar-refractivity contribution in [2.45, 2.75) is 25.9 Å². The zero-order valence-electron chi connectivity index (χ0n) is 11.3. The van der Waals surface area contributed by atoms with Crippen LogP contribution < -0.4 is 5.32 Å². The molecule has 0 aromatic heterocycles. The molecular weight excluding hydrogens is 385 g/mol. The van der Waals surface area contributed by atoms with Crippen LogP contribution in [0, 0.1) is 5.82 Å². The zero-order chi connectivity index (χ0) is 14.7. The third-order valence-corrected chi connectivity index (χ3v) is 4.46. The second-order valence-corrected chi connectivity index (χ2v) is 6.60. The molecule has 0 radical (unpaired) electrons. The summed E-state index contributed by atoms with van der Waals surface area (Å²) in [5.74, 6) is -0.229. The van der Waals surface area contributed by atoms with Crippen molar-refractivity contribution in [2.24, 2.45) is 0 Å². The smallest absolute Gasteiger partial charge is 0.124 e. The van der Waals surface area contributed by atoms with Crippen molar-refractivity contribution >= 4 is 31.9 Å². The van der Waals surface area contributed by atoms with Gasteiger partial charge in [-0.15, -0.1) is 0 Å². The Balaban J connectivity index is 2.12. The predicted octanol–water partition coefficient (Wildman–Crippen LogP) is 5.76. The molecule has 1 nitrogen and oxygen atoms in total. The average molecular weight is 401 g/mol. The third-order valence-electron chi connectivity index (χ3n) is 3.28. The summed E-state index contributed by atoms with van der Waals surface area (Å²) in [5.41, 5.74) is 2.26. The molecule has 0 amide bonds. The summed E-state index contributed by atoms with van der Waals surface area (Å²) in [6.45, 7) is 4.20. The van der Waals surface area contributed by atoms with Crippen molar-refractivity contribution in [3.63, 3.8) is 0 Å². The fraction of sp³-hybridized carbons (Fsp3) is 0.250. The van der Waals surface area contributed by atoms with Gasteiger partial charge in [0, 0.05) is 21.0 Å². The van der Waals surface area contributed by atoms with Crippen molar-refractivity contribution in [3.8, 4) is 0 Å². The van der Waals surface area contributed by atoms with Crippen molar-refractivity contribution in [2.75, 3.05) is 0 Å². The molecule has 0 saturated carbocycles. The number of halogens is 3. The molecule has 0 aliphatic carbocycles. The van der Waals surface area contributed by atoms with Crippen LogP contribution in [0.3, 0.4) is 0 Å². The summed E-state index contributed by atoms with van der Waals surface area (Å²) >= 11 is 6.90. The minimum absolute atomic E-state index is 0.124. The Morgan fingerprint density at radius 2 is 1.75 bits per heavy atom. The highest BCUT2D eigenvalue weighted by molar-refractivity contribution is 9.10. The predicted molar refractivity (Wildman–Crippen MR) is 88.2 cm³/mol. The molecule has 0 saturated heterocycles. The number of hydrogen-bond acceptors (Lipinski definition) is 1. The van der Waals surface area contributed by atoms with E-state index in [1.165, 1.54) is 17.7 Å². The van der Waals surface area contributed by atoms with E-state index in [0.717, 1.165) is 14.5 Å². The van der Waals surface area contributed by atoms with E-state index >= 15 is 0 Å². The lowest BCUT2D eigenvalue weighted by molar-refractivity contribution is 0.492. The van der Waals surface area contributed by atoms with E-state index in [0.29, 0.717) is 0 Å². The van der Waals surface area contributed by atoms with Crippen molar-refractivity contribution < 1.29 is 4.39 Å². The van der Waals surface area contributed by atoms with Gasteiger partial charge < -0.3 is 5.32 Å². The molecule has 4 heteroatoms. The van der Waals surface area contributed by atoms with Gasteiger partial charge in [0.15, 0.2) is 0 Å². The molecule has 2 unspecified atom stereocenters. The summed E-state index contributed by atoms with van der Waals surface area (Å²) in [7, 11) is 0. The van der Waals surface area contributed by atoms with Gasteiger partial charge in [-0.3, -0.25) is 0 Å². The lowest BCUT2D eigenvalue weighted by Crippen LogP contribution is -2.22. The summed E-state index contributed by atoms with van der Waals surface area (Å²) in [5, 5.41) is 3.53. The maximum Gasteiger partial charge on any atom is 0.124 e. The van der Waals surface area contributed by atoms with Gasteiger partial charge >= 0.3 is 0 Å². The van der Waals surface area contributed by atoms with Gasteiger partial charge in [-0.1, -0.05) is 50.1 Å². The standard InChI is InChI=1S/C16H16Br2FN/c1-10(12-4-3-5-13(17)8-12)20-11(2)15-7-6-14(19)9-16(15)18/h3-11,20H,1-2H3. The van der Waals surface area contributed by atoms with E-state index in [1.54, 1.807) is 0 Å². The fourth-order valence-corrected chi connectivity index (χ4v) is 3.30. The third kappa shape index (κ3) is 3.90. The number of rotatable bonds is 4. The Kier molecular flexibility index (Phi) is 5.35. The molecule has 20 heavy (non-hydrogen) atoms. The second-order valence-electron chi connectivity index (χ2n) is 4.83. The molecule has 2 atom stereocenters. The quantitative estimate of drug-likeness (QED) is 0.687. The molecule has 2 aromatic carbocycles. The maximum absolute atomic E-state index is 13.1. The van der Waals surface area contributed by atoms with Crippen LogP contribution >= 0.6 is 31.9 Å². The monoisotopic (exact) mass is 399 g/mol. The molecule has 0 bridgehead atoms. The minimum Gasteiger partial charge on any atom is -0.304 e. The van der Waals surface area contributed by atoms with Gasteiger partial charge in [0.1, 0.15) is 5.82 Å². The van der Waals surface area contributed by atoms with Crippen molar-refractivity contribution in [1.29, 1.82) is 0 Å². The molecule has 1 N–H and O–H groups in total. The van der Waals surface area contributed by atoms with Crippen LogP contribution in [-0.2, 0) is 0 Å². The van der Waals surface area contributed by atoms with E-state index in [2.05, 4.69) is 63.2 Å². The zero-order valence-corrected chi connectivity index (χ0v) is 14.5. The molecule has 2 aromatic rings. The fourth-order valence-electron chi connectivity index (χ4n) is 2.19. The van der Waals surface area contributed by atoms with Crippen LogP contribution in [-0.4, -0.2) is 0 Å². The van der Waals surface area contributed by atoms with Crippen LogP contribution in [0.5, 0.6) is 0 Å². The van der Waals surface area contributed by atoms with E-state index in [1.807, 2.05) is 18.2 Å². The maximum atomic E-state index is 13.1. The van der Waals surface area contributed by atoms with Crippen LogP contribution in [0.2, 0.25) is 0 Å². The number of nitrogens with one attached hydrogen (secondary N) is 1. The summed E-state index contributed by atoms with van der Waals surface area (Å²) in [4.78, 5) is 0. The second kappa shape index (κ2) is 6.83. The largest absolute Gasteiger partial charge is 0.304 e. The van der Waals surface area contributed by atoms with E-state index in [9.17, 15) is 4.39 Å². The highest BCUT2D eigenvalue weighted by Gasteiger charge is 2.14. The molecular formula is C16H16Br2FN. The molecule has 0 spiro atoms. The first-order valence-corrected chi connectivity index (χ1v) is 8.02. The first kappa shape index (κ1) is 15.7. The van der Waals surface area contributed by atoms with Gasteiger partial charge in [0.05, 0.1) is 0 Å². The minimum atomic E-state index is -0.229. The van der Waals surface area contributed by atoms with Crippen molar-refractivity contribution in [1.82, 2.24) is 5.32 Å². The van der Waals surface area contributed by atoms with Gasteiger partial charge in [0.25, 0.3) is 0 Å². The normalized spacial score (nSPS) is 14.1. The highest BCUT2D eigenvalue weighted by atomic mass is 79.9. The van der Waals surface area contributed by atoms with Gasteiger partial charge in [-0.25, -0.2) is 4.39 Å². The molecule has 0 fully saturated rings. The summed E-state index contributed by atoms with van der Waals surface area (Å²) in [6, 6.07) is 13.4. The summed E-state index contributed by atoms with van der Waals surface area (Å²) in [6.07, 6.45) is 0. The van der Waals surface area contributed by atoms with Crippen LogP contribution in [0.1, 0.15) is 37.1 Å². The first-order valence-electron chi connectivity index (χ1n) is 6.44. The Hall–Kier alpha value is -0.710. The lowest BCUT2D eigenvalue weighted by atomic mass is 10.0. The average Bonchev–Trinajstić information content (AvgIpc) is 2.38. The number of hydrogen-bond donors (Lipinski definition) is 1. The van der Waals surface area contributed by atoms with E-state index in [4.69, 9.17) is 0 Å². The topological polar surface area (TPSA) is 12.0 Å². The Morgan fingerprint density at radius 1 is 1.00 bits per heavy atom. The van der Waals surface area contributed by atoms with Crippen LogP contribution in [0.4, 0.5) is 4.39 Å². The molecule has 0 heterocycles. The summed E-state index contributed by atoms with van der Waals surface area (Å²) < 4.78 is 15.0. The molecule has 0 aliphatic rings. The van der Waals surface area contributed by atoms with Crippen molar-refractivity contribution in [3.05, 3.63) is 68.4 Å². The Bertz CT molecular complexity index is 601. The number of benzene rings is 2. The van der Waals surface area contributed by atoms with Gasteiger partial charge in [-0.2, -0.15) is 0 Å². The van der Waals surface area contributed by atoms with Crippen LogP contribution in [0.25, 0.3) is 0 Å². The Labute approximate surface area is 135 Å². The molecule has 106 valence electrons. The Morgan fingerprint density at radius 3 is 2.40 bits per heavy atom. The van der Waals surface area contributed by atoms with E-state index in [-0.39, 0.29) is 17.9 Å². The molecule has 0 aliphatic heterocycles. The van der Waals surface area contributed by atoms with E-state index < -0.39 is 0 Å². The lowest BCUT2D eigenvalue weighted by Gasteiger charge is -2.22. The van der Waals surface area contributed by atoms with Gasteiger partial charge in [0.2, 0.25) is 0 Å². The highest BCUT2D eigenvalue weighted by Crippen LogP contribution is 2.27. The van der Waals surface area contributed by atoms with Crippen LogP contribution in [0.15, 0.2) is 51.4 Å². The molecule has 2 rings (SSSR count).